The Hall–Kier alpha value is -3.17. The average molecular weight is 443 g/mol. The molecule has 2 aromatic carbocycles. The van der Waals surface area contributed by atoms with Gasteiger partial charge in [-0.1, -0.05) is 30.3 Å². The zero-order valence-corrected chi connectivity index (χ0v) is 17.3. The molecule has 9 heteroatoms. The van der Waals surface area contributed by atoms with Gasteiger partial charge in [-0.15, -0.1) is 11.3 Å². The zero-order chi connectivity index (χ0) is 21.3. The van der Waals surface area contributed by atoms with Crippen molar-refractivity contribution in [3.8, 4) is 10.4 Å². The molecule has 1 atom stereocenters. The van der Waals surface area contributed by atoms with Gasteiger partial charge in [-0.3, -0.25) is 14.3 Å². The van der Waals surface area contributed by atoms with Crippen molar-refractivity contribution < 1.29 is 23.1 Å². The molecule has 0 spiro atoms. The summed E-state index contributed by atoms with van der Waals surface area (Å²) in [5, 5.41) is 10.8. The van der Waals surface area contributed by atoms with E-state index in [0.717, 1.165) is 10.4 Å². The number of carboxylic acids is 1. The molecule has 7 nitrogen and oxygen atoms in total. The number of carboxylic acid groups (broad SMARTS) is 1. The zero-order valence-electron chi connectivity index (χ0n) is 15.7. The van der Waals surface area contributed by atoms with Crippen molar-refractivity contribution in [1.82, 2.24) is 0 Å². The number of nitrogens with one attached hydrogen (secondary N) is 1. The molecule has 0 bridgehead atoms. The van der Waals surface area contributed by atoms with Crippen molar-refractivity contribution >= 4 is 44.6 Å². The van der Waals surface area contributed by atoms with Gasteiger partial charge < -0.3 is 10.0 Å². The summed E-state index contributed by atoms with van der Waals surface area (Å²) in [6.45, 7) is 0.0790. The molecule has 1 aromatic heterocycles. The second kappa shape index (κ2) is 7.92. The first kappa shape index (κ1) is 20.1. The van der Waals surface area contributed by atoms with E-state index in [4.69, 9.17) is 5.11 Å². The van der Waals surface area contributed by atoms with Crippen LogP contribution in [0.25, 0.3) is 10.4 Å². The Morgan fingerprint density at radius 1 is 1.10 bits per heavy atom. The van der Waals surface area contributed by atoms with Crippen LogP contribution < -0.4 is 9.62 Å². The van der Waals surface area contributed by atoms with Crippen LogP contribution in [0.3, 0.4) is 0 Å². The largest absolute Gasteiger partial charge is 0.481 e. The van der Waals surface area contributed by atoms with Gasteiger partial charge in [-0.05, 0) is 35.9 Å². The second-order valence-corrected chi connectivity index (χ2v) is 9.50. The van der Waals surface area contributed by atoms with E-state index in [1.807, 2.05) is 30.3 Å². The van der Waals surface area contributed by atoms with E-state index in [2.05, 4.69) is 4.72 Å². The highest BCUT2D eigenvalue weighted by molar-refractivity contribution is 7.92. The summed E-state index contributed by atoms with van der Waals surface area (Å²) in [5.74, 6) is -2.05. The molecule has 2 heterocycles. The normalized spacial score (nSPS) is 16.6. The lowest BCUT2D eigenvalue weighted by Crippen LogP contribution is -2.25. The van der Waals surface area contributed by atoms with Gasteiger partial charge in [0.1, 0.15) is 0 Å². The first-order valence-corrected chi connectivity index (χ1v) is 11.5. The summed E-state index contributed by atoms with van der Waals surface area (Å²) < 4.78 is 28.0. The van der Waals surface area contributed by atoms with Crippen molar-refractivity contribution in [3.63, 3.8) is 0 Å². The summed E-state index contributed by atoms with van der Waals surface area (Å²) in [6.07, 6.45) is -0.0567. The number of carbonyl (C=O) groups excluding carboxylic acids is 1. The fraction of sp³-hybridized carbons (Fsp3) is 0.143. The number of hydrogen-bond acceptors (Lipinski definition) is 5. The number of thiophene rings is 1. The predicted molar refractivity (Wildman–Crippen MR) is 115 cm³/mol. The number of benzene rings is 2. The summed E-state index contributed by atoms with van der Waals surface area (Å²) in [6, 6.07) is 17.3. The van der Waals surface area contributed by atoms with Crippen LogP contribution in [0.5, 0.6) is 0 Å². The number of anilines is 2. The quantitative estimate of drug-likeness (QED) is 0.606. The van der Waals surface area contributed by atoms with Gasteiger partial charge in [0.05, 0.1) is 16.5 Å². The van der Waals surface area contributed by atoms with Crippen LogP contribution in [0.1, 0.15) is 6.42 Å². The van der Waals surface area contributed by atoms with Crippen molar-refractivity contribution in [2.24, 2.45) is 5.92 Å². The number of hydrogen-bond donors (Lipinski definition) is 2. The van der Waals surface area contributed by atoms with E-state index >= 15 is 0 Å². The van der Waals surface area contributed by atoms with E-state index < -0.39 is 21.9 Å². The summed E-state index contributed by atoms with van der Waals surface area (Å²) in [5.41, 5.74) is 1.96. The Morgan fingerprint density at radius 2 is 1.80 bits per heavy atom. The minimum absolute atomic E-state index is 0.0557. The number of rotatable bonds is 6. The number of aliphatic carboxylic acids is 1. The molecule has 1 saturated heterocycles. The fourth-order valence-corrected chi connectivity index (χ4v) is 5.25. The molecule has 2 N–H and O–H groups in total. The molecular formula is C21H18N2O5S2. The molecule has 154 valence electrons. The van der Waals surface area contributed by atoms with Gasteiger partial charge >= 0.3 is 5.97 Å². The molecule has 1 aliphatic rings. The second-order valence-electron chi connectivity index (χ2n) is 6.91. The topological polar surface area (TPSA) is 104 Å². The molecule has 0 aliphatic carbocycles. The van der Waals surface area contributed by atoms with Crippen LogP contribution in [0.2, 0.25) is 0 Å². The van der Waals surface area contributed by atoms with E-state index in [1.165, 1.54) is 40.5 Å². The third-order valence-electron chi connectivity index (χ3n) is 4.84. The van der Waals surface area contributed by atoms with Crippen LogP contribution in [-0.4, -0.2) is 31.9 Å². The maximum Gasteiger partial charge on any atom is 0.308 e. The minimum Gasteiger partial charge on any atom is -0.481 e. The molecule has 4 rings (SSSR count). The van der Waals surface area contributed by atoms with Crippen molar-refractivity contribution in [1.29, 1.82) is 0 Å². The van der Waals surface area contributed by atoms with Crippen molar-refractivity contribution in [3.05, 3.63) is 66.0 Å². The Kier molecular flexibility index (Phi) is 5.31. The molecule has 1 amide bonds. The molecule has 1 aliphatic heterocycles. The first-order valence-electron chi connectivity index (χ1n) is 9.13. The Bertz CT molecular complexity index is 1190. The highest BCUT2D eigenvalue weighted by Crippen LogP contribution is 2.31. The molecule has 3 aromatic rings. The van der Waals surface area contributed by atoms with Crippen LogP contribution >= 0.6 is 11.3 Å². The molecule has 1 fully saturated rings. The third kappa shape index (κ3) is 4.07. The molecule has 1 unspecified atom stereocenters. The van der Waals surface area contributed by atoms with E-state index in [1.54, 1.807) is 11.4 Å². The molecular weight excluding hydrogens is 424 g/mol. The monoisotopic (exact) mass is 442 g/mol. The number of sulfonamides is 1. The smallest absolute Gasteiger partial charge is 0.308 e. The van der Waals surface area contributed by atoms with Crippen LogP contribution in [0, 0.1) is 5.92 Å². The third-order valence-corrected chi connectivity index (χ3v) is 7.22. The SMILES string of the molecule is O=C(O)C1CC(=O)N(c2ccc(S(=O)(=O)Nc3csc(-c4ccccc4)c3)cc2)C1. The average Bonchev–Trinajstić information content (AvgIpc) is 3.35. The molecule has 0 saturated carbocycles. The van der Waals surface area contributed by atoms with Gasteiger partial charge in [0.15, 0.2) is 0 Å². The fourth-order valence-electron chi connectivity index (χ4n) is 3.29. The lowest BCUT2D eigenvalue weighted by atomic mass is 10.1. The van der Waals surface area contributed by atoms with Crippen LogP contribution in [-0.2, 0) is 19.6 Å². The van der Waals surface area contributed by atoms with E-state index in [-0.39, 0.29) is 23.8 Å². The number of amides is 1. The van der Waals surface area contributed by atoms with E-state index in [0.29, 0.717) is 11.4 Å². The standard InChI is InChI=1S/C21H18N2O5S2/c24-20-10-15(21(25)26)12-23(20)17-6-8-18(9-7-17)30(27,28)22-16-11-19(29-13-16)14-4-2-1-3-5-14/h1-9,11,13,15,22H,10,12H2,(H,25,26). The lowest BCUT2D eigenvalue weighted by Gasteiger charge is -2.16. The number of carbonyl (C=O) groups is 2. The van der Waals surface area contributed by atoms with Crippen LogP contribution in [0.4, 0.5) is 11.4 Å². The van der Waals surface area contributed by atoms with Gasteiger partial charge in [-0.25, -0.2) is 8.42 Å². The van der Waals surface area contributed by atoms with Gasteiger partial charge in [0, 0.05) is 28.9 Å². The maximum absolute atomic E-state index is 12.7. The van der Waals surface area contributed by atoms with Crippen molar-refractivity contribution in [2.45, 2.75) is 11.3 Å². The summed E-state index contributed by atoms with van der Waals surface area (Å²) in [4.78, 5) is 25.5. The Morgan fingerprint density at radius 3 is 2.43 bits per heavy atom. The van der Waals surface area contributed by atoms with Gasteiger partial charge in [-0.2, -0.15) is 0 Å². The molecule has 30 heavy (non-hydrogen) atoms. The van der Waals surface area contributed by atoms with Gasteiger partial charge in [0.2, 0.25) is 5.91 Å². The number of nitrogens with zero attached hydrogens (tertiary/aromatic N) is 1. The van der Waals surface area contributed by atoms with Gasteiger partial charge in [0.25, 0.3) is 10.0 Å². The lowest BCUT2D eigenvalue weighted by molar-refractivity contribution is -0.141. The van der Waals surface area contributed by atoms with Crippen LogP contribution in [0.15, 0.2) is 70.9 Å². The first-order chi connectivity index (χ1) is 14.3. The summed E-state index contributed by atoms with van der Waals surface area (Å²) >= 11 is 1.44. The Labute approximate surface area is 177 Å². The summed E-state index contributed by atoms with van der Waals surface area (Å²) in [7, 11) is -3.80. The predicted octanol–water partition coefficient (Wildman–Crippen LogP) is 3.65. The van der Waals surface area contributed by atoms with E-state index in [9.17, 15) is 18.0 Å². The highest BCUT2D eigenvalue weighted by Gasteiger charge is 2.35. The van der Waals surface area contributed by atoms with Crippen molar-refractivity contribution in [2.75, 3.05) is 16.2 Å². The molecule has 0 radical (unpaired) electrons. The minimum atomic E-state index is -3.80. The maximum atomic E-state index is 12.7. The Balaban J connectivity index is 1.49. The highest BCUT2D eigenvalue weighted by atomic mass is 32.2.